The smallest absolute Gasteiger partial charge is 0.254 e. The van der Waals surface area contributed by atoms with Crippen LogP contribution in [0.15, 0.2) is 18.2 Å². The first-order valence-corrected chi connectivity index (χ1v) is 8.24. The quantitative estimate of drug-likeness (QED) is 0.793. The molecule has 22 heavy (non-hydrogen) atoms. The van der Waals surface area contributed by atoms with E-state index >= 15 is 0 Å². The van der Waals surface area contributed by atoms with E-state index in [0.29, 0.717) is 30.6 Å². The molecule has 1 amide bonds. The van der Waals surface area contributed by atoms with Crippen molar-refractivity contribution in [1.29, 1.82) is 0 Å². The summed E-state index contributed by atoms with van der Waals surface area (Å²) in [6.45, 7) is 4.99. The molecule has 118 valence electrons. The zero-order valence-corrected chi connectivity index (χ0v) is 12.8. The normalized spacial score (nSPS) is 24.7. The van der Waals surface area contributed by atoms with Crippen molar-refractivity contribution < 1.29 is 14.3 Å². The number of hydrogen-bond donors (Lipinski definition) is 0. The first-order valence-electron chi connectivity index (χ1n) is 8.24. The van der Waals surface area contributed by atoms with E-state index in [1.54, 1.807) is 0 Å². The Kier molecular flexibility index (Phi) is 3.66. The Labute approximate surface area is 130 Å². The first kappa shape index (κ1) is 13.9. The van der Waals surface area contributed by atoms with E-state index in [2.05, 4.69) is 4.90 Å². The Morgan fingerprint density at radius 2 is 1.91 bits per heavy atom. The van der Waals surface area contributed by atoms with Gasteiger partial charge in [0, 0.05) is 31.2 Å². The predicted molar refractivity (Wildman–Crippen MR) is 82.5 cm³/mol. The maximum Gasteiger partial charge on any atom is 0.254 e. The molecule has 0 spiro atoms. The molecule has 1 unspecified atom stereocenters. The Bertz CT molecular complexity index is 575. The van der Waals surface area contributed by atoms with Crippen molar-refractivity contribution in [3.63, 3.8) is 0 Å². The van der Waals surface area contributed by atoms with Crippen LogP contribution in [0.1, 0.15) is 29.6 Å². The number of ether oxygens (including phenoxy) is 2. The molecule has 3 heterocycles. The molecule has 0 bridgehead atoms. The van der Waals surface area contributed by atoms with Crippen LogP contribution in [0.4, 0.5) is 0 Å². The van der Waals surface area contributed by atoms with Gasteiger partial charge in [0.2, 0.25) is 0 Å². The van der Waals surface area contributed by atoms with E-state index < -0.39 is 0 Å². The van der Waals surface area contributed by atoms with Crippen molar-refractivity contribution in [3.8, 4) is 11.5 Å². The molecule has 4 rings (SSSR count). The summed E-state index contributed by atoms with van der Waals surface area (Å²) in [5.41, 5.74) is 0.702. The number of carbonyl (C=O) groups excluding carboxylic acids is 1. The van der Waals surface area contributed by atoms with E-state index in [4.69, 9.17) is 9.47 Å². The van der Waals surface area contributed by atoms with Gasteiger partial charge in [0.05, 0.1) is 0 Å². The van der Waals surface area contributed by atoms with Gasteiger partial charge < -0.3 is 14.4 Å². The molecule has 0 saturated carbocycles. The predicted octanol–water partition coefficient (Wildman–Crippen LogP) is 1.77. The molecule has 1 atom stereocenters. The Morgan fingerprint density at radius 3 is 2.82 bits per heavy atom. The number of hydrogen-bond acceptors (Lipinski definition) is 4. The Balaban J connectivity index is 1.49. The third-order valence-electron chi connectivity index (χ3n) is 4.91. The van der Waals surface area contributed by atoms with Crippen molar-refractivity contribution in [2.45, 2.75) is 25.3 Å². The fourth-order valence-corrected chi connectivity index (χ4v) is 3.70. The van der Waals surface area contributed by atoms with Gasteiger partial charge in [-0.15, -0.1) is 0 Å². The highest BCUT2D eigenvalue weighted by Gasteiger charge is 2.31. The highest BCUT2D eigenvalue weighted by molar-refractivity contribution is 5.95. The van der Waals surface area contributed by atoms with E-state index in [0.717, 1.165) is 25.4 Å². The topological polar surface area (TPSA) is 42.0 Å². The number of amides is 1. The van der Waals surface area contributed by atoms with Gasteiger partial charge in [0.25, 0.3) is 5.91 Å². The summed E-state index contributed by atoms with van der Waals surface area (Å²) in [5.74, 6) is 1.54. The monoisotopic (exact) mass is 302 g/mol. The van der Waals surface area contributed by atoms with E-state index in [1.165, 1.54) is 25.8 Å². The number of nitrogens with zero attached hydrogens (tertiary/aromatic N) is 2. The van der Waals surface area contributed by atoms with Crippen LogP contribution in [0.25, 0.3) is 0 Å². The molecule has 0 radical (unpaired) electrons. The van der Waals surface area contributed by atoms with E-state index in [1.807, 2.05) is 23.1 Å². The molecule has 3 aliphatic rings. The van der Waals surface area contributed by atoms with Gasteiger partial charge in [0.15, 0.2) is 11.5 Å². The van der Waals surface area contributed by atoms with Crippen LogP contribution in [0.3, 0.4) is 0 Å². The number of benzene rings is 1. The van der Waals surface area contributed by atoms with Crippen LogP contribution in [-0.4, -0.2) is 61.1 Å². The molecule has 0 aromatic heterocycles. The lowest BCUT2D eigenvalue weighted by molar-refractivity contribution is 0.0372. The molecule has 2 fully saturated rings. The second-order valence-electron chi connectivity index (χ2n) is 6.30. The molecule has 0 N–H and O–H groups in total. The molecule has 3 aliphatic heterocycles. The molecular weight excluding hydrogens is 280 g/mol. The zero-order valence-electron chi connectivity index (χ0n) is 12.8. The lowest BCUT2D eigenvalue weighted by atomic mass is 9.99. The SMILES string of the molecule is O=C(c1ccc2c(c1)OCCO2)N1CCN2CCCCC2C1. The summed E-state index contributed by atoms with van der Waals surface area (Å²) in [6, 6.07) is 6.06. The summed E-state index contributed by atoms with van der Waals surface area (Å²) >= 11 is 0. The third-order valence-corrected chi connectivity index (χ3v) is 4.91. The maximum absolute atomic E-state index is 12.8. The van der Waals surface area contributed by atoms with E-state index in [-0.39, 0.29) is 5.91 Å². The van der Waals surface area contributed by atoms with Gasteiger partial charge in [-0.1, -0.05) is 6.42 Å². The Morgan fingerprint density at radius 1 is 1.05 bits per heavy atom. The zero-order chi connectivity index (χ0) is 14.9. The number of carbonyl (C=O) groups is 1. The van der Waals surface area contributed by atoms with Gasteiger partial charge in [-0.2, -0.15) is 0 Å². The van der Waals surface area contributed by atoms with E-state index in [9.17, 15) is 4.79 Å². The van der Waals surface area contributed by atoms with Crippen LogP contribution in [-0.2, 0) is 0 Å². The molecule has 2 saturated heterocycles. The minimum Gasteiger partial charge on any atom is -0.486 e. The molecule has 5 heteroatoms. The van der Waals surface area contributed by atoms with Crippen LogP contribution < -0.4 is 9.47 Å². The van der Waals surface area contributed by atoms with Crippen LogP contribution in [0, 0.1) is 0 Å². The lowest BCUT2D eigenvalue weighted by Crippen LogP contribution is -2.56. The second kappa shape index (κ2) is 5.80. The van der Waals surface area contributed by atoms with Crippen molar-refractivity contribution in [2.24, 2.45) is 0 Å². The molecular formula is C17H22N2O3. The van der Waals surface area contributed by atoms with Gasteiger partial charge in [0.1, 0.15) is 13.2 Å². The summed E-state index contributed by atoms with van der Waals surface area (Å²) in [5, 5.41) is 0. The number of piperazine rings is 1. The van der Waals surface area contributed by atoms with Crippen molar-refractivity contribution in [3.05, 3.63) is 23.8 Å². The first-order chi connectivity index (χ1) is 10.8. The average Bonchev–Trinajstić information content (AvgIpc) is 2.60. The Hall–Kier alpha value is -1.75. The molecule has 1 aromatic carbocycles. The largest absolute Gasteiger partial charge is 0.486 e. The summed E-state index contributed by atoms with van der Waals surface area (Å²) in [7, 11) is 0. The lowest BCUT2D eigenvalue weighted by Gasteiger charge is -2.44. The number of fused-ring (bicyclic) bond motifs is 2. The highest BCUT2D eigenvalue weighted by atomic mass is 16.6. The van der Waals surface area contributed by atoms with Crippen LogP contribution >= 0.6 is 0 Å². The molecule has 0 aliphatic carbocycles. The fourth-order valence-electron chi connectivity index (χ4n) is 3.70. The standard InChI is InChI=1S/C17H22N2O3/c20-17(13-4-5-15-16(11-13)22-10-9-21-15)19-8-7-18-6-2-1-3-14(18)12-19/h4-5,11,14H,1-3,6-10,12H2. The number of piperidine rings is 1. The van der Waals surface area contributed by atoms with Crippen molar-refractivity contribution in [2.75, 3.05) is 39.4 Å². The maximum atomic E-state index is 12.8. The van der Waals surface area contributed by atoms with Gasteiger partial charge in [-0.05, 0) is 37.6 Å². The van der Waals surface area contributed by atoms with Crippen LogP contribution in [0.5, 0.6) is 11.5 Å². The summed E-state index contributed by atoms with van der Waals surface area (Å²) < 4.78 is 11.1. The molecule has 5 nitrogen and oxygen atoms in total. The highest BCUT2D eigenvalue weighted by Crippen LogP contribution is 2.31. The minimum absolute atomic E-state index is 0.113. The average molecular weight is 302 g/mol. The van der Waals surface area contributed by atoms with Crippen LogP contribution in [0.2, 0.25) is 0 Å². The summed E-state index contributed by atoms with van der Waals surface area (Å²) in [4.78, 5) is 17.3. The summed E-state index contributed by atoms with van der Waals surface area (Å²) in [6.07, 6.45) is 3.80. The van der Waals surface area contributed by atoms with Crippen molar-refractivity contribution in [1.82, 2.24) is 9.80 Å². The van der Waals surface area contributed by atoms with Gasteiger partial charge in [-0.25, -0.2) is 0 Å². The second-order valence-corrected chi connectivity index (χ2v) is 6.30. The molecule has 1 aromatic rings. The third kappa shape index (κ3) is 2.54. The minimum atomic E-state index is 0.113. The van der Waals surface area contributed by atoms with Gasteiger partial charge in [-0.3, -0.25) is 9.69 Å². The fraction of sp³-hybridized carbons (Fsp3) is 0.588. The number of rotatable bonds is 1. The van der Waals surface area contributed by atoms with Gasteiger partial charge >= 0.3 is 0 Å². The van der Waals surface area contributed by atoms with Crippen molar-refractivity contribution >= 4 is 5.91 Å².